The summed E-state index contributed by atoms with van der Waals surface area (Å²) in [4.78, 5) is 30.1. The largest absolute Gasteiger partial charge is 0.296 e. The van der Waals surface area contributed by atoms with Crippen molar-refractivity contribution in [1.29, 1.82) is 0 Å². The van der Waals surface area contributed by atoms with E-state index in [0.717, 1.165) is 10.6 Å². The number of rotatable bonds is 4. The molecule has 0 aliphatic carbocycles. The van der Waals surface area contributed by atoms with Crippen LogP contribution in [0.1, 0.15) is 16.2 Å². The van der Waals surface area contributed by atoms with Gasteiger partial charge in [-0.05, 0) is 43.3 Å². The average molecular weight is 440 g/mol. The van der Waals surface area contributed by atoms with Crippen molar-refractivity contribution in [3.05, 3.63) is 101 Å². The number of amides is 1. The number of hydrogen-bond donors (Lipinski definition) is 1. The Morgan fingerprint density at radius 3 is 2.41 bits per heavy atom. The summed E-state index contributed by atoms with van der Waals surface area (Å²) in [5.41, 5.74) is 2.55. The first-order chi connectivity index (χ1) is 15.6. The molecule has 0 fully saturated rings. The fourth-order valence-electron chi connectivity index (χ4n) is 3.45. The smallest absolute Gasteiger partial charge is 0.265 e. The van der Waals surface area contributed by atoms with Crippen LogP contribution >= 0.6 is 11.3 Å². The molecule has 32 heavy (non-hydrogen) atoms. The average Bonchev–Trinajstić information content (AvgIpc) is 3.28. The van der Waals surface area contributed by atoms with Gasteiger partial charge in [0, 0.05) is 11.1 Å². The van der Waals surface area contributed by atoms with Crippen molar-refractivity contribution in [1.82, 2.24) is 19.7 Å². The predicted octanol–water partition coefficient (Wildman–Crippen LogP) is 4.46. The number of carbonyl (C=O) groups is 1. The Balaban J connectivity index is 1.39. The van der Waals surface area contributed by atoms with Crippen molar-refractivity contribution in [2.45, 2.75) is 6.92 Å². The first-order valence-corrected chi connectivity index (χ1v) is 10.7. The minimum Gasteiger partial charge on any atom is -0.296 e. The zero-order valence-corrected chi connectivity index (χ0v) is 17.8. The van der Waals surface area contributed by atoms with Crippen LogP contribution in [0.4, 0.5) is 5.13 Å². The van der Waals surface area contributed by atoms with E-state index in [4.69, 9.17) is 0 Å². The Hall–Kier alpha value is -4.17. The van der Waals surface area contributed by atoms with Crippen LogP contribution in [0.15, 0.2) is 83.7 Å². The van der Waals surface area contributed by atoms with Crippen molar-refractivity contribution in [2.24, 2.45) is 0 Å². The minimum absolute atomic E-state index is 0.146. The van der Waals surface area contributed by atoms with Gasteiger partial charge in [-0.1, -0.05) is 53.8 Å². The summed E-state index contributed by atoms with van der Waals surface area (Å²) in [5, 5.41) is 12.7. The molecule has 1 amide bonds. The molecule has 0 radical (unpaired) electrons. The summed E-state index contributed by atoms with van der Waals surface area (Å²) >= 11 is 1.31. The van der Waals surface area contributed by atoms with Crippen molar-refractivity contribution in [2.75, 3.05) is 5.32 Å². The highest BCUT2D eigenvalue weighted by molar-refractivity contribution is 7.18. The molecule has 2 heterocycles. The molecule has 8 heteroatoms. The number of hydrogen-bond acceptors (Lipinski definition) is 6. The zero-order valence-electron chi connectivity index (χ0n) is 17.0. The Labute approximate surface area is 187 Å². The summed E-state index contributed by atoms with van der Waals surface area (Å²) < 4.78 is 1.54. The van der Waals surface area contributed by atoms with Gasteiger partial charge in [0.05, 0.1) is 16.6 Å². The summed E-state index contributed by atoms with van der Waals surface area (Å²) in [6, 6.07) is 23.7. The molecule has 0 aliphatic heterocycles. The number of para-hydroxylation sites is 1. The van der Waals surface area contributed by atoms with Crippen LogP contribution in [0.25, 0.3) is 27.2 Å². The lowest BCUT2D eigenvalue weighted by molar-refractivity contribution is 0.102. The molecule has 0 atom stereocenters. The van der Waals surface area contributed by atoms with E-state index in [9.17, 15) is 9.59 Å². The first-order valence-electron chi connectivity index (χ1n) is 9.89. The standard InChI is InChI=1S/C24H17N5O2S/c1-15-25-20-10-6-5-9-19(20)23(31)29(15)18-13-11-16(12-14-18)21(30)26-24-28-27-22(32-24)17-7-3-2-4-8-17/h2-14H,1H3,(H,26,28,30). The van der Waals surface area contributed by atoms with Gasteiger partial charge in [0.2, 0.25) is 5.13 Å². The quantitative estimate of drug-likeness (QED) is 0.446. The van der Waals surface area contributed by atoms with E-state index in [1.54, 1.807) is 41.8 Å². The van der Waals surface area contributed by atoms with E-state index in [1.165, 1.54) is 11.3 Å². The number of aryl methyl sites for hydroxylation is 1. The number of nitrogens with one attached hydrogen (secondary N) is 1. The molecule has 0 saturated heterocycles. The Morgan fingerprint density at radius 1 is 0.906 bits per heavy atom. The third-order valence-electron chi connectivity index (χ3n) is 5.00. The molecule has 0 unspecified atom stereocenters. The van der Waals surface area contributed by atoms with Crippen molar-refractivity contribution < 1.29 is 4.79 Å². The van der Waals surface area contributed by atoms with E-state index in [0.29, 0.717) is 33.1 Å². The van der Waals surface area contributed by atoms with Crippen LogP contribution in [-0.4, -0.2) is 25.7 Å². The molecule has 0 aliphatic rings. The monoisotopic (exact) mass is 439 g/mol. The lowest BCUT2D eigenvalue weighted by Gasteiger charge is -2.11. The molecule has 7 nitrogen and oxygen atoms in total. The SMILES string of the molecule is Cc1nc2ccccc2c(=O)n1-c1ccc(C(=O)Nc2nnc(-c3ccccc3)s2)cc1. The highest BCUT2D eigenvalue weighted by atomic mass is 32.1. The van der Waals surface area contributed by atoms with Crippen LogP contribution in [0.5, 0.6) is 0 Å². The van der Waals surface area contributed by atoms with E-state index in [-0.39, 0.29) is 11.5 Å². The van der Waals surface area contributed by atoms with Gasteiger partial charge in [-0.3, -0.25) is 19.5 Å². The second-order valence-corrected chi connectivity index (χ2v) is 8.07. The van der Waals surface area contributed by atoms with E-state index in [2.05, 4.69) is 20.5 Å². The number of anilines is 1. The Bertz CT molecular complexity index is 1490. The van der Waals surface area contributed by atoms with E-state index >= 15 is 0 Å². The Morgan fingerprint density at radius 2 is 1.62 bits per heavy atom. The van der Waals surface area contributed by atoms with Crippen molar-refractivity contribution in [3.63, 3.8) is 0 Å². The van der Waals surface area contributed by atoms with Crippen LogP contribution in [0.2, 0.25) is 0 Å². The zero-order chi connectivity index (χ0) is 22.1. The van der Waals surface area contributed by atoms with Crippen LogP contribution < -0.4 is 10.9 Å². The molecule has 3 aromatic carbocycles. The van der Waals surface area contributed by atoms with Crippen molar-refractivity contribution in [3.8, 4) is 16.3 Å². The lowest BCUT2D eigenvalue weighted by Crippen LogP contribution is -2.22. The molecule has 5 aromatic rings. The molecule has 0 saturated carbocycles. The van der Waals surface area contributed by atoms with Gasteiger partial charge in [-0.15, -0.1) is 10.2 Å². The minimum atomic E-state index is -0.298. The van der Waals surface area contributed by atoms with Gasteiger partial charge in [0.15, 0.2) is 0 Å². The third kappa shape index (κ3) is 3.67. The number of fused-ring (bicyclic) bond motifs is 1. The molecule has 0 spiro atoms. The number of benzene rings is 3. The third-order valence-corrected chi connectivity index (χ3v) is 5.89. The fourth-order valence-corrected chi connectivity index (χ4v) is 4.19. The van der Waals surface area contributed by atoms with Crippen LogP contribution in [0, 0.1) is 6.92 Å². The van der Waals surface area contributed by atoms with Gasteiger partial charge >= 0.3 is 0 Å². The maximum absolute atomic E-state index is 13.0. The first kappa shape index (κ1) is 19.8. The van der Waals surface area contributed by atoms with Crippen molar-refractivity contribution >= 4 is 33.3 Å². The Kier molecular flexibility index (Phi) is 5.04. The second kappa shape index (κ2) is 8.16. The van der Waals surface area contributed by atoms with Crippen LogP contribution in [-0.2, 0) is 0 Å². The summed E-state index contributed by atoms with van der Waals surface area (Å²) in [7, 11) is 0. The fraction of sp³-hybridized carbons (Fsp3) is 0.0417. The molecule has 0 bridgehead atoms. The van der Waals surface area contributed by atoms with Gasteiger partial charge in [0.1, 0.15) is 10.8 Å². The molecule has 156 valence electrons. The molecular weight excluding hydrogens is 422 g/mol. The molecule has 1 N–H and O–H groups in total. The second-order valence-electron chi connectivity index (χ2n) is 7.10. The lowest BCUT2D eigenvalue weighted by atomic mass is 10.2. The predicted molar refractivity (Wildman–Crippen MR) is 125 cm³/mol. The summed E-state index contributed by atoms with van der Waals surface area (Å²) in [6.07, 6.45) is 0. The molecule has 2 aromatic heterocycles. The van der Waals surface area contributed by atoms with E-state index in [1.807, 2.05) is 48.5 Å². The van der Waals surface area contributed by atoms with Gasteiger partial charge in [-0.2, -0.15) is 0 Å². The highest BCUT2D eigenvalue weighted by Crippen LogP contribution is 2.26. The number of nitrogens with zero attached hydrogens (tertiary/aromatic N) is 4. The van der Waals surface area contributed by atoms with E-state index < -0.39 is 0 Å². The number of aromatic nitrogens is 4. The molecular formula is C24H17N5O2S. The van der Waals surface area contributed by atoms with Gasteiger partial charge in [0.25, 0.3) is 11.5 Å². The maximum Gasteiger partial charge on any atom is 0.265 e. The van der Waals surface area contributed by atoms with Crippen LogP contribution in [0.3, 0.4) is 0 Å². The number of carbonyl (C=O) groups excluding carboxylic acids is 1. The highest BCUT2D eigenvalue weighted by Gasteiger charge is 2.13. The summed E-state index contributed by atoms with van der Waals surface area (Å²) in [5.74, 6) is 0.279. The normalized spacial score (nSPS) is 10.9. The van der Waals surface area contributed by atoms with Gasteiger partial charge in [-0.25, -0.2) is 4.98 Å². The van der Waals surface area contributed by atoms with Gasteiger partial charge < -0.3 is 0 Å². The summed E-state index contributed by atoms with van der Waals surface area (Å²) in [6.45, 7) is 1.79. The molecule has 5 rings (SSSR count). The topological polar surface area (TPSA) is 89.8 Å². The maximum atomic E-state index is 13.0.